The van der Waals surface area contributed by atoms with E-state index in [9.17, 15) is 0 Å². The maximum absolute atomic E-state index is 5.81. The number of nitrogens with two attached hydrogens (primary N) is 1. The highest BCUT2D eigenvalue weighted by atomic mass is 15.2. The van der Waals surface area contributed by atoms with Crippen molar-refractivity contribution < 1.29 is 0 Å². The molecule has 28 heavy (non-hydrogen) atoms. The van der Waals surface area contributed by atoms with Gasteiger partial charge < -0.3 is 16.0 Å². The quantitative estimate of drug-likeness (QED) is 0.418. The van der Waals surface area contributed by atoms with Crippen molar-refractivity contribution >= 4 is 28.4 Å². The molecule has 3 N–H and O–H groups in total. The Balaban J connectivity index is 1.79. The summed E-state index contributed by atoms with van der Waals surface area (Å²) in [6.45, 7) is 0.525. The van der Waals surface area contributed by atoms with Crippen LogP contribution in [0.25, 0.3) is 0 Å². The number of para-hydroxylation sites is 4. The second-order valence-electron chi connectivity index (χ2n) is 6.55. The first-order valence-corrected chi connectivity index (χ1v) is 9.40. The zero-order chi connectivity index (χ0) is 19.2. The third-order valence-electron chi connectivity index (χ3n) is 4.62. The lowest BCUT2D eigenvalue weighted by molar-refractivity contribution is 1.07. The summed E-state index contributed by atoms with van der Waals surface area (Å²) in [6, 6.07) is 37.4. The third-order valence-corrected chi connectivity index (χ3v) is 4.62. The van der Waals surface area contributed by atoms with Gasteiger partial charge in [-0.15, -0.1) is 0 Å². The predicted octanol–water partition coefficient (Wildman–Crippen LogP) is 6.36. The van der Waals surface area contributed by atoms with Gasteiger partial charge in [0.2, 0.25) is 0 Å². The molecule has 0 saturated carbocycles. The summed E-state index contributed by atoms with van der Waals surface area (Å²) in [6.07, 6.45) is 0. The monoisotopic (exact) mass is 365 g/mol. The smallest absolute Gasteiger partial charge is 0.0696 e. The molecule has 3 nitrogen and oxygen atoms in total. The molecular formula is C25H23N3. The van der Waals surface area contributed by atoms with Crippen LogP contribution in [0.1, 0.15) is 5.56 Å². The minimum absolute atomic E-state index is 0.525. The van der Waals surface area contributed by atoms with Gasteiger partial charge in [0.25, 0.3) is 0 Å². The molecule has 0 aliphatic carbocycles. The molecule has 0 unspecified atom stereocenters. The molecule has 0 radical (unpaired) electrons. The topological polar surface area (TPSA) is 41.3 Å². The van der Waals surface area contributed by atoms with Gasteiger partial charge in [-0.25, -0.2) is 0 Å². The van der Waals surface area contributed by atoms with E-state index in [0.717, 1.165) is 34.0 Å². The Bertz CT molecular complexity index is 990. The van der Waals surface area contributed by atoms with Gasteiger partial charge in [-0.2, -0.15) is 0 Å². The second kappa shape index (κ2) is 8.42. The van der Waals surface area contributed by atoms with Crippen molar-refractivity contribution in [3.8, 4) is 0 Å². The van der Waals surface area contributed by atoms with Crippen molar-refractivity contribution in [3.05, 3.63) is 115 Å². The minimum Gasteiger partial charge on any atom is -0.354 e. The maximum Gasteiger partial charge on any atom is 0.0696 e. The summed E-state index contributed by atoms with van der Waals surface area (Å²) in [4.78, 5) is 2.26. The van der Waals surface area contributed by atoms with Crippen molar-refractivity contribution in [2.24, 2.45) is 5.73 Å². The fourth-order valence-corrected chi connectivity index (χ4v) is 3.29. The van der Waals surface area contributed by atoms with Crippen molar-refractivity contribution in [1.82, 2.24) is 0 Å². The van der Waals surface area contributed by atoms with E-state index < -0.39 is 0 Å². The molecule has 4 rings (SSSR count). The average molecular weight is 365 g/mol. The maximum atomic E-state index is 5.81. The Morgan fingerprint density at radius 1 is 0.643 bits per heavy atom. The van der Waals surface area contributed by atoms with Crippen LogP contribution in [0.2, 0.25) is 0 Å². The molecular weight excluding hydrogens is 342 g/mol. The standard InChI is InChI=1S/C25H23N3/c26-19-20-10-9-11-21(18-20)27-24-16-7-8-17-25(24)28(22-12-3-1-4-13-22)23-14-5-2-6-15-23/h1-18,27H,19,26H2. The summed E-state index contributed by atoms with van der Waals surface area (Å²) in [5.41, 5.74) is 12.3. The molecule has 138 valence electrons. The fourth-order valence-electron chi connectivity index (χ4n) is 3.29. The normalized spacial score (nSPS) is 10.5. The van der Waals surface area contributed by atoms with Gasteiger partial charge in [-0.3, -0.25) is 0 Å². The third kappa shape index (κ3) is 3.90. The number of nitrogens with one attached hydrogen (secondary N) is 1. The van der Waals surface area contributed by atoms with E-state index in [2.05, 4.69) is 89.1 Å². The summed E-state index contributed by atoms with van der Waals surface area (Å²) in [5, 5.41) is 3.57. The number of benzene rings is 4. The molecule has 0 spiro atoms. The molecule has 0 atom stereocenters. The molecule has 3 heteroatoms. The Kier molecular flexibility index (Phi) is 5.36. The predicted molar refractivity (Wildman–Crippen MR) is 119 cm³/mol. The Morgan fingerprint density at radius 3 is 1.89 bits per heavy atom. The highest BCUT2D eigenvalue weighted by Crippen LogP contribution is 2.39. The van der Waals surface area contributed by atoms with Crippen LogP contribution in [0.4, 0.5) is 28.4 Å². The van der Waals surface area contributed by atoms with Crippen molar-refractivity contribution in [3.63, 3.8) is 0 Å². The zero-order valence-electron chi connectivity index (χ0n) is 15.6. The minimum atomic E-state index is 0.525. The van der Waals surface area contributed by atoms with E-state index in [1.165, 1.54) is 0 Å². The highest BCUT2D eigenvalue weighted by molar-refractivity contribution is 5.86. The molecule has 4 aromatic carbocycles. The SMILES string of the molecule is NCc1cccc(Nc2ccccc2N(c2ccccc2)c2ccccc2)c1. The van der Waals surface area contributed by atoms with Crippen LogP contribution in [0.5, 0.6) is 0 Å². The average Bonchev–Trinajstić information content (AvgIpc) is 2.77. The molecule has 0 saturated heterocycles. The fraction of sp³-hybridized carbons (Fsp3) is 0.0400. The Morgan fingerprint density at radius 2 is 1.25 bits per heavy atom. The summed E-state index contributed by atoms with van der Waals surface area (Å²) < 4.78 is 0. The number of hydrogen-bond acceptors (Lipinski definition) is 3. The second-order valence-corrected chi connectivity index (χ2v) is 6.55. The van der Waals surface area contributed by atoms with Gasteiger partial charge in [0.15, 0.2) is 0 Å². The summed E-state index contributed by atoms with van der Waals surface area (Å²) in [5.74, 6) is 0. The molecule has 0 aliphatic heterocycles. The highest BCUT2D eigenvalue weighted by Gasteiger charge is 2.15. The summed E-state index contributed by atoms with van der Waals surface area (Å²) >= 11 is 0. The Labute approximate surface area is 166 Å². The lowest BCUT2D eigenvalue weighted by Gasteiger charge is -2.28. The van der Waals surface area contributed by atoms with E-state index in [4.69, 9.17) is 5.73 Å². The first-order valence-electron chi connectivity index (χ1n) is 9.40. The van der Waals surface area contributed by atoms with Crippen LogP contribution < -0.4 is 16.0 Å². The van der Waals surface area contributed by atoms with Gasteiger partial charge in [0.05, 0.1) is 11.4 Å². The lowest BCUT2D eigenvalue weighted by atomic mass is 10.1. The van der Waals surface area contributed by atoms with E-state index in [1.54, 1.807) is 0 Å². The number of anilines is 5. The molecule has 0 heterocycles. The van der Waals surface area contributed by atoms with Crippen LogP contribution in [-0.4, -0.2) is 0 Å². The lowest BCUT2D eigenvalue weighted by Crippen LogP contribution is -2.11. The number of nitrogens with zero attached hydrogens (tertiary/aromatic N) is 1. The van der Waals surface area contributed by atoms with Gasteiger partial charge in [-0.1, -0.05) is 60.7 Å². The summed E-state index contributed by atoms with van der Waals surface area (Å²) in [7, 11) is 0. The molecule has 0 aliphatic rings. The van der Waals surface area contributed by atoms with E-state index in [0.29, 0.717) is 6.54 Å². The van der Waals surface area contributed by atoms with Crippen LogP contribution in [-0.2, 0) is 6.54 Å². The largest absolute Gasteiger partial charge is 0.354 e. The molecule has 4 aromatic rings. The van der Waals surface area contributed by atoms with Crippen molar-refractivity contribution in [2.75, 3.05) is 10.2 Å². The molecule has 0 aromatic heterocycles. The molecule has 0 fully saturated rings. The van der Waals surface area contributed by atoms with Gasteiger partial charge >= 0.3 is 0 Å². The first-order chi connectivity index (χ1) is 13.8. The van der Waals surface area contributed by atoms with Crippen LogP contribution in [0.3, 0.4) is 0 Å². The van der Waals surface area contributed by atoms with Crippen molar-refractivity contribution in [1.29, 1.82) is 0 Å². The van der Waals surface area contributed by atoms with Gasteiger partial charge in [0.1, 0.15) is 0 Å². The van der Waals surface area contributed by atoms with E-state index >= 15 is 0 Å². The van der Waals surface area contributed by atoms with E-state index in [-0.39, 0.29) is 0 Å². The molecule has 0 bridgehead atoms. The van der Waals surface area contributed by atoms with Crippen LogP contribution in [0.15, 0.2) is 109 Å². The van der Waals surface area contributed by atoms with Gasteiger partial charge in [0, 0.05) is 23.6 Å². The first kappa shape index (κ1) is 17.8. The zero-order valence-corrected chi connectivity index (χ0v) is 15.6. The van der Waals surface area contributed by atoms with E-state index in [1.807, 2.05) is 30.3 Å². The van der Waals surface area contributed by atoms with Crippen LogP contribution >= 0.6 is 0 Å². The van der Waals surface area contributed by atoms with Crippen molar-refractivity contribution in [2.45, 2.75) is 6.54 Å². The van der Waals surface area contributed by atoms with Crippen LogP contribution in [0, 0.1) is 0 Å². The number of hydrogen-bond donors (Lipinski definition) is 2. The Hall–Kier alpha value is -3.56. The molecule has 0 amide bonds. The van der Waals surface area contributed by atoms with Gasteiger partial charge in [-0.05, 0) is 54.1 Å². The number of rotatable bonds is 6.